The molecule has 1 saturated heterocycles. The molecule has 0 bridgehead atoms. The number of benzene rings is 3. The summed E-state index contributed by atoms with van der Waals surface area (Å²) < 4.78 is 12.7. The number of aromatic carboxylic acids is 1. The summed E-state index contributed by atoms with van der Waals surface area (Å²) >= 11 is 1.43. The molecule has 1 heterocycles. The topological polar surface area (TPSA) is 154 Å². The third-order valence-electron chi connectivity index (χ3n) is 6.83. The van der Waals surface area contributed by atoms with E-state index < -0.39 is 18.2 Å². The average Bonchev–Trinajstić information content (AvgIpc) is 3.03. The van der Waals surface area contributed by atoms with Gasteiger partial charge in [-0.2, -0.15) is 0 Å². The number of nitrogens with one attached hydrogen (secondary N) is 2. The van der Waals surface area contributed by atoms with Gasteiger partial charge in [-0.3, -0.25) is 14.8 Å². The molecule has 222 valence electrons. The van der Waals surface area contributed by atoms with E-state index in [1.807, 2.05) is 54.6 Å². The molecular formula is C31H34N2O8S. The summed E-state index contributed by atoms with van der Waals surface area (Å²) in [4.78, 5) is 35.5. The van der Waals surface area contributed by atoms with Gasteiger partial charge in [0.25, 0.3) is 0 Å². The first-order valence-electron chi connectivity index (χ1n) is 13.6. The molecule has 0 unspecified atom stereocenters. The number of carbonyl (C=O) groups is 3. The lowest BCUT2D eigenvalue weighted by Gasteiger charge is -2.36. The van der Waals surface area contributed by atoms with Crippen molar-refractivity contribution in [2.24, 2.45) is 0 Å². The minimum atomic E-state index is -0.976. The fourth-order valence-electron chi connectivity index (χ4n) is 4.52. The number of hydroxylamine groups is 1. The molecule has 1 aliphatic rings. The molecule has 0 aromatic heterocycles. The standard InChI is InChI=1S/C31H34N2O8S/c34-18-21-10-12-22(13-11-21)26-16-24(19-42-27-5-2-1-4-25(27)30(37)38)40-31(41-26)23-14-8-20(9-15-23)17-32-28(35)6-3-7-29(36)33-39/h1-2,4-5,8-15,24,26,31,34,39H,3,6-7,16-19H2,(H,32,35)(H,33,36)(H,37,38)/t24-,26+,31+/m0/s1. The van der Waals surface area contributed by atoms with Crippen molar-refractivity contribution in [3.8, 4) is 0 Å². The van der Waals surface area contributed by atoms with Crippen LogP contribution in [0.15, 0.2) is 77.7 Å². The second-order valence-electron chi connectivity index (χ2n) is 9.87. The Morgan fingerprint density at radius 2 is 1.52 bits per heavy atom. The molecule has 0 spiro atoms. The van der Waals surface area contributed by atoms with Gasteiger partial charge in [0.05, 0.1) is 24.4 Å². The first kappa shape index (κ1) is 31.2. The summed E-state index contributed by atoms with van der Waals surface area (Å²) in [6, 6.07) is 22.0. The van der Waals surface area contributed by atoms with Gasteiger partial charge in [-0.1, -0.05) is 60.7 Å². The van der Waals surface area contributed by atoms with Gasteiger partial charge in [-0.05, 0) is 35.2 Å². The lowest BCUT2D eigenvalue weighted by Crippen LogP contribution is -2.31. The zero-order valence-electron chi connectivity index (χ0n) is 22.9. The van der Waals surface area contributed by atoms with E-state index in [0.717, 1.165) is 22.3 Å². The lowest BCUT2D eigenvalue weighted by atomic mass is 10.0. The summed E-state index contributed by atoms with van der Waals surface area (Å²) in [5.74, 6) is -1.17. The third-order valence-corrected chi connectivity index (χ3v) is 8.04. The monoisotopic (exact) mass is 594 g/mol. The Balaban J connectivity index is 1.42. The highest BCUT2D eigenvalue weighted by molar-refractivity contribution is 7.99. The van der Waals surface area contributed by atoms with E-state index in [1.54, 1.807) is 23.7 Å². The highest BCUT2D eigenvalue weighted by atomic mass is 32.2. The van der Waals surface area contributed by atoms with Crippen LogP contribution in [0.5, 0.6) is 0 Å². The number of aliphatic hydroxyl groups excluding tert-OH is 1. The number of thioether (sulfide) groups is 1. The van der Waals surface area contributed by atoms with Crippen LogP contribution in [0.2, 0.25) is 0 Å². The van der Waals surface area contributed by atoms with E-state index in [2.05, 4.69) is 5.32 Å². The Labute approximate surface area is 248 Å². The van der Waals surface area contributed by atoms with Crippen LogP contribution in [-0.4, -0.2) is 45.1 Å². The molecule has 0 radical (unpaired) electrons. The van der Waals surface area contributed by atoms with Crippen molar-refractivity contribution < 1.29 is 39.3 Å². The largest absolute Gasteiger partial charge is 0.478 e. The van der Waals surface area contributed by atoms with E-state index in [0.29, 0.717) is 30.0 Å². The van der Waals surface area contributed by atoms with Crippen LogP contribution < -0.4 is 10.8 Å². The number of ether oxygens (including phenoxy) is 2. The maximum atomic E-state index is 12.1. The predicted octanol–water partition coefficient (Wildman–Crippen LogP) is 4.51. The van der Waals surface area contributed by atoms with Crippen LogP contribution in [0.4, 0.5) is 0 Å². The van der Waals surface area contributed by atoms with Crippen molar-refractivity contribution in [1.82, 2.24) is 10.8 Å². The van der Waals surface area contributed by atoms with Crippen LogP contribution in [0, 0.1) is 0 Å². The van der Waals surface area contributed by atoms with Crippen LogP contribution in [0.1, 0.15) is 70.7 Å². The van der Waals surface area contributed by atoms with Crippen molar-refractivity contribution >= 4 is 29.5 Å². The van der Waals surface area contributed by atoms with Crippen LogP contribution in [0.3, 0.4) is 0 Å². The summed E-state index contributed by atoms with van der Waals surface area (Å²) in [5.41, 5.74) is 5.24. The molecular weight excluding hydrogens is 560 g/mol. The predicted molar refractivity (Wildman–Crippen MR) is 155 cm³/mol. The van der Waals surface area contributed by atoms with E-state index >= 15 is 0 Å². The van der Waals surface area contributed by atoms with Crippen LogP contribution >= 0.6 is 11.8 Å². The zero-order valence-corrected chi connectivity index (χ0v) is 23.7. The van der Waals surface area contributed by atoms with Crippen molar-refractivity contribution in [1.29, 1.82) is 0 Å². The number of aliphatic hydroxyl groups is 1. The van der Waals surface area contributed by atoms with E-state index in [-0.39, 0.29) is 43.1 Å². The molecule has 5 N–H and O–H groups in total. The van der Waals surface area contributed by atoms with Gasteiger partial charge in [0.15, 0.2) is 6.29 Å². The van der Waals surface area contributed by atoms with E-state index in [9.17, 15) is 24.6 Å². The number of carboxylic acids is 1. The quantitative estimate of drug-likeness (QED) is 0.109. The molecule has 1 aliphatic heterocycles. The van der Waals surface area contributed by atoms with Crippen molar-refractivity contribution in [3.05, 3.63) is 101 Å². The summed E-state index contributed by atoms with van der Waals surface area (Å²) in [6.45, 7) is 0.271. The van der Waals surface area contributed by atoms with Gasteiger partial charge >= 0.3 is 5.97 Å². The molecule has 3 atom stereocenters. The molecule has 0 aliphatic carbocycles. The Hall–Kier alpha value is -3.74. The second-order valence-corrected chi connectivity index (χ2v) is 10.9. The average molecular weight is 595 g/mol. The molecule has 1 fully saturated rings. The SMILES string of the molecule is O=C(CCCC(=O)NCc1ccc([C@@H]2O[C@H](CSc3ccccc3C(=O)O)C[C@H](c3ccc(CO)cc3)O2)cc1)NO. The smallest absolute Gasteiger partial charge is 0.336 e. The fraction of sp³-hybridized carbons (Fsp3) is 0.323. The minimum absolute atomic E-state index is 0.0482. The Morgan fingerprint density at radius 1 is 0.857 bits per heavy atom. The molecule has 4 rings (SSSR count). The molecule has 2 amide bonds. The number of carboxylic acid groups (broad SMARTS) is 1. The highest BCUT2D eigenvalue weighted by Crippen LogP contribution is 2.39. The van der Waals surface area contributed by atoms with Crippen LogP contribution in [-0.2, 0) is 32.2 Å². The Morgan fingerprint density at radius 3 is 2.21 bits per heavy atom. The molecule has 3 aromatic rings. The molecule has 0 saturated carbocycles. The number of hydrogen-bond donors (Lipinski definition) is 5. The summed E-state index contributed by atoms with van der Waals surface area (Å²) in [6.07, 6.45) is -0.0265. The number of rotatable bonds is 13. The Kier molecular flexibility index (Phi) is 11.5. The number of amides is 2. The van der Waals surface area contributed by atoms with E-state index in [4.69, 9.17) is 14.7 Å². The minimum Gasteiger partial charge on any atom is -0.478 e. The van der Waals surface area contributed by atoms with Gasteiger partial charge in [0.2, 0.25) is 11.8 Å². The molecule has 3 aromatic carbocycles. The van der Waals surface area contributed by atoms with Gasteiger partial charge in [0, 0.05) is 42.0 Å². The lowest BCUT2D eigenvalue weighted by molar-refractivity contribution is -0.245. The van der Waals surface area contributed by atoms with Crippen molar-refractivity contribution in [2.45, 2.75) is 62.2 Å². The van der Waals surface area contributed by atoms with Crippen LogP contribution in [0.25, 0.3) is 0 Å². The second kappa shape index (κ2) is 15.5. The van der Waals surface area contributed by atoms with Gasteiger partial charge < -0.3 is 25.0 Å². The fourth-order valence-corrected chi connectivity index (χ4v) is 5.59. The molecule has 11 heteroatoms. The first-order chi connectivity index (χ1) is 20.4. The van der Waals surface area contributed by atoms with Gasteiger partial charge in [-0.15, -0.1) is 11.8 Å². The normalized spacial score (nSPS) is 18.3. The third kappa shape index (κ3) is 8.88. The number of carbonyl (C=O) groups excluding carboxylic acids is 2. The zero-order chi connectivity index (χ0) is 29.9. The first-order valence-corrected chi connectivity index (χ1v) is 14.6. The maximum absolute atomic E-state index is 12.1. The van der Waals surface area contributed by atoms with Gasteiger partial charge in [0.1, 0.15) is 0 Å². The summed E-state index contributed by atoms with van der Waals surface area (Å²) in [5, 5.41) is 30.3. The van der Waals surface area contributed by atoms with E-state index in [1.165, 1.54) is 11.8 Å². The molecule has 42 heavy (non-hydrogen) atoms. The number of hydrogen-bond acceptors (Lipinski definition) is 8. The highest BCUT2D eigenvalue weighted by Gasteiger charge is 2.32. The van der Waals surface area contributed by atoms with Crippen molar-refractivity contribution in [2.75, 3.05) is 5.75 Å². The van der Waals surface area contributed by atoms with Crippen molar-refractivity contribution in [3.63, 3.8) is 0 Å². The van der Waals surface area contributed by atoms with Gasteiger partial charge in [-0.25, -0.2) is 10.3 Å². The Bertz CT molecular complexity index is 1350. The molecule has 10 nitrogen and oxygen atoms in total. The summed E-state index contributed by atoms with van der Waals surface area (Å²) in [7, 11) is 0. The maximum Gasteiger partial charge on any atom is 0.336 e.